The lowest BCUT2D eigenvalue weighted by Crippen LogP contribution is -2.29. The van der Waals surface area contributed by atoms with Gasteiger partial charge in [0.2, 0.25) is 11.8 Å². The van der Waals surface area contributed by atoms with E-state index in [1.807, 2.05) is 22.4 Å². The summed E-state index contributed by atoms with van der Waals surface area (Å²) < 4.78 is 1.68. The Morgan fingerprint density at radius 2 is 2.09 bits per heavy atom. The van der Waals surface area contributed by atoms with Crippen molar-refractivity contribution in [3.63, 3.8) is 0 Å². The highest BCUT2D eigenvalue weighted by Gasteiger charge is 2.21. The van der Waals surface area contributed by atoms with Crippen molar-refractivity contribution < 1.29 is 9.59 Å². The van der Waals surface area contributed by atoms with Crippen molar-refractivity contribution >= 4 is 34.9 Å². The van der Waals surface area contributed by atoms with Gasteiger partial charge in [-0.2, -0.15) is 0 Å². The molecule has 122 valence electrons. The maximum Gasteiger partial charge on any atom is 0.237 e. The second-order valence-electron chi connectivity index (χ2n) is 5.21. The number of nitrogens with two attached hydrogens (primary N) is 1. The van der Waals surface area contributed by atoms with Crippen molar-refractivity contribution in [3.8, 4) is 10.7 Å². The molecule has 1 fully saturated rings. The zero-order valence-corrected chi connectivity index (χ0v) is 14.1. The second kappa shape index (κ2) is 7.14. The van der Waals surface area contributed by atoms with Crippen molar-refractivity contribution in [1.29, 1.82) is 0 Å². The summed E-state index contributed by atoms with van der Waals surface area (Å²) in [6.45, 7) is 1.65. The van der Waals surface area contributed by atoms with E-state index in [9.17, 15) is 9.59 Å². The van der Waals surface area contributed by atoms with Gasteiger partial charge in [0, 0.05) is 13.1 Å². The van der Waals surface area contributed by atoms with Gasteiger partial charge in [0.05, 0.1) is 10.6 Å². The molecule has 2 N–H and O–H groups in total. The molecule has 0 aromatic carbocycles. The lowest BCUT2D eigenvalue weighted by molar-refractivity contribution is -0.127. The minimum absolute atomic E-state index is 0.000468. The highest BCUT2D eigenvalue weighted by molar-refractivity contribution is 7.99. The lowest BCUT2D eigenvalue weighted by Gasteiger charge is -2.14. The number of aromatic nitrogens is 3. The molecule has 9 heteroatoms. The summed E-state index contributed by atoms with van der Waals surface area (Å²) in [6, 6.07) is 3.82. The van der Waals surface area contributed by atoms with Crippen LogP contribution in [0.4, 0.5) is 0 Å². The standard InChI is InChI=1S/C14H17N5O2S2/c15-11(20)8-19-13(10-4-3-7-22-10)16-17-14(19)23-9-12(21)18-5-1-2-6-18/h3-4,7H,1-2,5-6,8-9H2,(H2,15,20). The van der Waals surface area contributed by atoms with Crippen molar-refractivity contribution in [1.82, 2.24) is 19.7 Å². The molecule has 3 heterocycles. The Hall–Kier alpha value is -1.87. The molecule has 0 atom stereocenters. The average molecular weight is 351 g/mol. The van der Waals surface area contributed by atoms with E-state index >= 15 is 0 Å². The van der Waals surface area contributed by atoms with E-state index in [2.05, 4.69) is 10.2 Å². The fourth-order valence-corrected chi connectivity index (χ4v) is 4.02. The molecule has 1 aliphatic rings. The maximum atomic E-state index is 12.1. The number of amides is 2. The van der Waals surface area contributed by atoms with Gasteiger partial charge in [-0.25, -0.2) is 0 Å². The van der Waals surface area contributed by atoms with Gasteiger partial charge in [-0.1, -0.05) is 17.8 Å². The van der Waals surface area contributed by atoms with Crippen LogP contribution in [0.1, 0.15) is 12.8 Å². The van der Waals surface area contributed by atoms with Gasteiger partial charge in [0.15, 0.2) is 11.0 Å². The fraction of sp³-hybridized carbons (Fsp3) is 0.429. The lowest BCUT2D eigenvalue weighted by atomic mass is 10.4. The molecule has 2 aromatic heterocycles. The van der Waals surface area contributed by atoms with Crippen molar-refractivity contribution in [3.05, 3.63) is 17.5 Å². The molecule has 1 saturated heterocycles. The molecule has 0 unspecified atom stereocenters. The normalized spacial score (nSPS) is 14.3. The number of hydrogen-bond acceptors (Lipinski definition) is 6. The number of thiophene rings is 1. The predicted octanol–water partition coefficient (Wildman–Crippen LogP) is 1.21. The van der Waals surface area contributed by atoms with Gasteiger partial charge >= 0.3 is 0 Å². The third-order valence-corrected chi connectivity index (χ3v) is 5.37. The molecule has 2 amide bonds. The Bertz CT molecular complexity index is 692. The third kappa shape index (κ3) is 3.73. The summed E-state index contributed by atoms with van der Waals surface area (Å²) in [6.07, 6.45) is 2.13. The summed E-state index contributed by atoms with van der Waals surface area (Å²) in [5.41, 5.74) is 5.33. The molecule has 0 saturated carbocycles. The van der Waals surface area contributed by atoms with Gasteiger partial charge in [-0.15, -0.1) is 21.5 Å². The van der Waals surface area contributed by atoms with Gasteiger partial charge in [-0.3, -0.25) is 14.2 Å². The highest BCUT2D eigenvalue weighted by atomic mass is 32.2. The van der Waals surface area contributed by atoms with Gasteiger partial charge in [0.25, 0.3) is 0 Å². The molecule has 0 aliphatic carbocycles. The first-order chi connectivity index (χ1) is 11.1. The van der Waals surface area contributed by atoms with E-state index in [4.69, 9.17) is 5.73 Å². The SMILES string of the molecule is NC(=O)Cn1c(SCC(=O)N2CCCC2)nnc1-c1cccs1. The average Bonchev–Trinajstić information content (AvgIpc) is 3.26. The van der Waals surface area contributed by atoms with Crippen LogP contribution in [0.3, 0.4) is 0 Å². The fourth-order valence-electron chi connectivity index (χ4n) is 2.47. The van der Waals surface area contributed by atoms with Crippen molar-refractivity contribution in [2.45, 2.75) is 24.5 Å². The predicted molar refractivity (Wildman–Crippen MR) is 89.1 cm³/mol. The highest BCUT2D eigenvalue weighted by Crippen LogP contribution is 2.27. The minimum Gasteiger partial charge on any atom is -0.368 e. The molecule has 3 rings (SSSR count). The number of hydrogen-bond donors (Lipinski definition) is 1. The van der Waals surface area contributed by atoms with Crippen LogP contribution in [0.15, 0.2) is 22.7 Å². The summed E-state index contributed by atoms with van der Waals surface area (Å²) in [7, 11) is 0. The Labute approximate surface area is 141 Å². The molecule has 2 aromatic rings. The van der Waals surface area contributed by atoms with Crippen LogP contribution in [-0.4, -0.2) is 50.3 Å². The van der Waals surface area contributed by atoms with Crippen LogP contribution in [0.2, 0.25) is 0 Å². The summed E-state index contributed by atoms with van der Waals surface area (Å²) in [5, 5.41) is 10.8. The summed E-state index contributed by atoms with van der Waals surface area (Å²) in [5.74, 6) is 0.533. The monoisotopic (exact) mass is 351 g/mol. The smallest absolute Gasteiger partial charge is 0.237 e. The van der Waals surface area contributed by atoms with Crippen molar-refractivity contribution in [2.75, 3.05) is 18.8 Å². The third-order valence-electron chi connectivity index (χ3n) is 3.56. The van der Waals surface area contributed by atoms with Crippen LogP contribution in [0.25, 0.3) is 10.7 Å². The van der Waals surface area contributed by atoms with Crippen LogP contribution in [-0.2, 0) is 16.1 Å². The van der Waals surface area contributed by atoms with E-state index in [-0.39, 0.29) is 12.5 Å². The van der Waals surface area contributed by atoms with Crippen LogP contribution < -0.4 is 5.73 Å². The zero-order chi connectivity index (χ0) is 16.2. The minimum atomic E-state index is -0.463. The molecular weight excluding hydrogens is 334 g/mol. The molecule has 1 aliphatic heterocycles. The largest absolute Gasteiger partial charge is 0.368 e. The van der Waals surface area contributed by atoms with Gasteiger partial charge < -0.3 is 10.6 Å². The number of rotatable bonds is 6. The van der Waals surface area contributed by atoms with E-state index in [1.54, 1.807) is 4.57 Å². The number of carbonyl (C=O) groups is 2. The maximum absolute atomic E-state index is 12.1. The quantitative estimate of drug-likeness (QED) is 0.790. The van der Waals surface area contributed by atoms with E-state index in [0.717, 1.165) is 30.8 Å². The molecule has 0 bridgehead atoms. The second-order valence-corrected chi connectivity index (χ2v) is 7.10. The first kappa shape index (κ1) is 16.0. The number of nitrogens with zero attached hydrogens (tertiary/aromatic N) is 4. The first-order valence-electron chi connectivity index (χ1n) is 7.31. The Morgan fingerprint density at radius 3 is 2.74 bits per heavy atom. The Morgan fingerprint density at radius 1 is 1.30 bits per heavy atom. The van der Waals surface area contributed by atoms with Crippen LogP contribution in [0.5, 0.6) is 0 Å². The number of thioether (sulfide) groups is 1. The molecular formula is C14H17N5O2S2. The molecule has 0 spiro atoms. The number of carbonyl (C=O) groups excluding carboxylic acids is 2. The zero-order valence-electron chi connectivity index (χ0n) is 12.5. The molecule has 23 heavy (non-hydrogen) atoms. The molecule has 0 radical (unpaired) electrons. The van der Waals surface area contributed by atoms with Crippen molar-refractivity contribution in [2.24, 2.45) is 5.73 Å². The van der Waals surface area contributed by atoms with E-state index in [1.165, 1.54) is 23.1 Å². The Balaban J connectivity index is 1.75. The van der Waals surface area contributed by atoms with Gasteiger partial charge in [-0.05, 0) is 24.3 Å². The summed E-state index contributed by atoms with van der Waals surface area (Å²) in [4.78, 5) is 26.3. The topological polar surface area (TPSA) is 94.1 Å². The van der Waals surface area contributed by atoms with Crippen LogP contribution >= 0.6 is 23.1 Å². The number of primary amides is 1. The number of likely N-dealkylation sites (tertiary alicyclic amines) is 1. The summed E-state index contributed by atoms with van der Waals surface area (Å²) >= 11 is 2.81. The van der Waals surface area contributed by atoms with E-state index in [0.29, 0.717) is 16.7 Å². The molecule has 7 nitrogen and oxygen atoms in total. The Kier molecular flexibility index (Phi) is 4.97. The first-order valence-corrected chi connectivity index (χ1v) is 9.17. The van der Waals surface area contributed by atoms with Gasteiger partial charge in [0.1, 0.15) is 6.54 Å². The van der Waals surface area contributed by atoms with E-state index < -0.39 is 5.91 Å². The van der Waals surface area contributed by atoms with Crippen LogP contribution in [0, 0.1) is 0 Å².